The third kappa shape index (κ3) is 1.96. The molecule has 3 heteroatoms. The van der Waals surface area contributed by atoms with Gasteiger partial charge in [-0.2, -0.15) is 0 Å². The molecule has 2 rings (SSSR count). The second kappa shape index (κ2) is 3.59. The molecule has 0 amide bonds. The number of halogens is 1. The quantitative estimate of drug-likeness (QED) is 0.835. The predicted molar refractivity (Wildman–Crippen MR) is 57.2 cm³/mol. The first-order valence-corrected chi connectivity index (χ1v) is 5.48. The highest BCUT2D eigenvalue weighted by atomic mass is 35.5. The van der Waals surface area contributed by atoms with Crippen LogP contribution in [0.3, 0.4) is 0 Å². The molecule has 2 N–H and O–H groups in total. The maximum absolute atomic E-state index is 6.05. The molecular formula is C11H16ClNO. The molecular weight excluding hydrogens is 198 g/mol. The zero-order valence-electron chi connectivity index (χ0n) is 8.42. The predicted octanol–water partition coefficient (Wildman–Crippen LogP) is 3.51. The average molecular weight is 214 g/mol. The minimum absolute atomic E-state index is 0.00667. The molecule has 1 heterocycles. The lowest BCUT2D eigenvalue weighted by Gasteiger charge is -2.39. The van der Waals surface area contributed by atoms with Crippen molar-refractivity contribution >= 4 is 11.6 Å². The van der Waals surface area contributed by atoms with Gasteiger partial charge in [-0.1, -0.05) is 13.3 Å². The van der Waals surface area contributed by atoms with Crippen molar-refractivity contribution in [1.82, 2.24) is 0 Å². The molecule has 1 fully saturated rings. The summed E-state index contributed by atoms with van der Waals surface area (Å²) in [5, 5.41) is 0.425. The van der Waals surface area contributed by atoms with E-state index in [2.05, 4.69) is 6.92 Å². The van der Waals surface area contributed by atoms with Crippen LogP contribution in [0.1, 0.15) is 44.4 Å². The fourth-order valence-corrected chi connectivity index (χ4v) is 2.30. The third-order valence-corrected chi connectivity index (χ3v) is 3.44. The Balaban J connectivity index is 1.98. The highest BCUT2D eigenvalue weighted by molar-refractivity contribution is 6.28. The van der Waals surface area contributed by atoms with E-state index in [0.29, 0.717) is 10.6 Å². The van der Waals surface area contributed by atoms with Crippen LogP contribution in [0.4, 0.5) is 0 Å². The zero-order valence-corrected chi connectivity index (χ0v) is 9.18. The van der Waals surface area contributed by atoms with Crippen LogP contribution in [0, 0.1) is 5.41 Å². The number of nitrogens with two attached hydrogens (primary N) is 1. The van der Waals surface area contributed by atoms with Crippen LogP contribution in [0.25, 0.3) is 0 Å². The Kier molecular flexibility index (Phi) is 2.58. The molecule has 0 bridgehead atoms. The van der Waals surface area contributed by atoms with Crippen molar-refractivity contribution in [2.75, 3.05) is 0 Å². The molecule has 1 unspecified atom stereocenters. The fourth-order valence-electron chi connectivity index (χ4n) is 2.14. The molecule has 1 aliphatic rings. The maximum Gasteiger partial charge on any atom is 0.193 e. The van der Waals surface area contributed by atoms with E-state index >= 15 is 0 Å². The second-order valence-corrected chi connectivity index (χ2v) is 4.99. The molecule has 1 aromatic heterocycles. The fraction of sp³-hybridized carbons (Fsp3) is 0.636. The van der Waals surface area contributed by atoms with Crippen LogP contribution in [0.15, 0.2) is 16.5 Å². The van der Waals surface area contributed by atoms with Crippen LogP contribution in [-0.2, 0) is 0 Å². The molecule has 2 nitrogen and oxygen atoms in total. The van der Waals surface area contributed by atoms with Crippen molar-refractivity contribution in [2.24, 2.45) is 11.1 Å². The van der Waals surface area contributed by atoms with Crippen molar-refractivity contribution in [3.8, 4) is 0 Å². The molecule has 1 aromatic rings. The summed E-state index contributed by atoms with van der Waals surface area (Å²) in [6.07, 6.45) is 4.91. The number of hydrogen-bond acceptors (Lipinski definition) is 2. The van der Waals surface area contributed by atoms with Gasteiger partial charge >= 0.3 is 0 Å². The summed E-state index contributed by atoms with van der Waals surface area (Å²) in [7, 11) is 0. The van der Waals surface area contributed by atoms with E-state index in [1.807, 2.05) is 6.07 Å². The minimum Gasteiger partial charge on any atom is -0.448 e. The monoisotopic (exact) mass is 213 g/mol. The zero-order chi connectivity index (χ0) is 10.2. The van der Waals surface area contributed by atoms with E-state index < -0.39 is 0 Å². The second-order valence-electron chi connectivity index (χ2n) is 4.62. The summed E-state index contributed by atoms with van der Waals surface area (Å²) in [6.45, 7) is 2.29. The van der Waals surface area contributed by atoms with Gasteiger partial charge in [0.1, 0.15) is 5.76 Å². The van der Waals surface area contributed by atoms with Crippen molar-refractivity contribution in [3.63, 3.8) is 0 Å². The summed E-state index contributed by atoms with van der Waals surface area (Å²) in [5.74, 6) is 0.808. The average Bonchev–Trinajstić information content (AvgIpc) is 2.49. The lowest BCUT2D eigenvalue weighted by molar-refractivity contribution is 0.130. The molecule has 0 spiro atoms. The minimum atomic E-state index is -0.00667. The van der Waals surface area contributed by atoms with Gasteiger partial charge in [-0.25, -0.2) is 0 Å². The largest absolute Gasteiger partial charge is 0.448 e. The van der Waals surface area contributed by atoms with Crippen LogP contribution < -0.4 is 5.73 Å². The molecule has 0 saturated heterocycles. The van der Waals surface area contributed by atoms with Gasteiger partial charge in [-0.15, -0.1) is 0 Å². The van der Waals surface area contributed by atoms with Crippen molar-refractivity contribution < 1.29 is 4.42 Å². The lowest BCUT2D eigenvalue weighted by atomic mass is 9.67. The van der Waals surface area contributed by atoms with Gasteiger partial charge < -0.3 is 10.2 Å². The van der Waals surface area contributed by atoms with Gasteiger partial charge in [0.15, 0.2) is 5.22 Å². The first kappa shape index (κ1) is 10.1. The number of rotatable bonds is 3. The van der Waals surface area contributed by atoms with E-state index in [1.54, 1.807) is 6.07 Å². The first-order chi connectivity index (χ1) is 6.59. The van der Waals surface area contributed by atoms with E-state index in [-0.39, 0.29) is 6.04 Å². The standard InChI is InChI=1S/C11H16ClNO/c1-11(5-2-6-11)7-8(13)9-3-4-10(12)14-9/h3-4,8H,2,5-7,13H2,1H3. The van der Waals surface area contributed by atoms with Gasteiger partial charge in [0.05, 0.1) is 6.04 Å². The molecule has 0 aliphatic heterocycles. The third-order valence-electron chi connectivity index (χ3n) is 3.23. The van der Waals surface area contributed by atoms with Gasteiger partial charge in [0.2, 0.25) is 0 Å². The topological polar surface area (TPSA) is 39.2 Å². The SMILES string of the molecule is CC1(CC(N)c2ccc(Cl)o2)CCC1. The summed E-state index contributed by atoms with van der Waals surface area (Å²) in [5.41, 5.74) is 6.48. The summed E-state index contributed by atoms with van der Waals surface area (Å²) >= 11 is 5.70. The van der Waals surface area contributed by atoms with E-state index in [1.165, 1.54) is 19.3 Å². The maximum atomic E-state index is 6.05. The van der Waals surface area contributed by atoms with Crippen LogP contribution in [0.2, 0.25) is 5.22 Å². The lowest BCUT2D eigenvalue weighted by Crippen LogP contribution is -2.30. The molecule has 14 heavy (non-hydrogen) atoms. The Labute approximate surface area is 89.4 Å². The first-order valence-electron chi connectivity index (χ1n) is 5.10. The smallest absolute Gasteiger partial charge is 0.193 e. The Bertz CT molecular complexity index is 317. The molecule has 0 aromatic carbocycles. The molecule has 1 saturated carbocycles. The number of hydrogen-bond donors (Lipinski definition) is 1. The van der Waals surface area contributed by atoms with E-state index in [0.717, 1.165) is 12.2 Å². The van der Waals surface area contributed by atoms with Gasteiger partial charge in [-0.05, 0) is 48.4 Å². The molecule has 78 valence electrons. The normalized spacial score (nSPS) is 21.6. The van der Waals surface area contributed by atoms with Crippen molar-refractivity contribution in [1.29, 1.82) is 0 Å². The Morgan fingerprint density at radius 3 is 2.71 bits per heavy atom. The van der Waals surface area contributed by atoms with Crippen molar-refractivity contribution in [2.45, 2.75) is 38.6 Å². The van der Waals surface area contributed by atoms with Crippen LogP contribution >= 0.6 is 11.6 Å². The van der Waals surface area contributed by atoms with Crippen LogP contribution in [-0.4, -0.2) is 0 Å². The molecule has 1 atom stereocenters. The van der Waals surface area contributed by atoms with Gasteiger partial charge in [-0.3, -0.25) is 0 Å². The number of furan rings is 1. The van der Waals surface area contributed by atoms with E-state index in [9.17, 15) is 0 Å². The Hall–Kier alpha value is -0.470. The molecule has 1 aliphatic carbocycles. The Morgan fingerprint density at radius 2 is 2.29 bits per heavy atom. The summed E-state index contributed by atoms with van der Waals surface area (Å²) in [4.78, 5) is 0. The van der Waals surface area contributed by atoms with Gasteiger partial charge in [0.25, 0.3) is 0 Å². The highest BCUT2D eigenvalue weighted by Gasteiger charge is 2.34. The van der Waals surface area contributed by atoms with E-state index in [4.69, 9.17) is 21.8 Å². The Morgan fingerprint density at radius 1 is 1.57 bits per heavy atom. The highest BCUT2D eigenvalue weighted by Crippen LogP contribution is 2.46. The van der Waals surface area contributed by atoms with Crippen LogP contribution in [0.5, 0.6) is 0 Å². The van der Waals surface area contributed by atoms with Crippen molar-refractivity contribution in [3.05, 3.63) is 23.1 Å². The molecule has 0 radical (unpaired) electrons. The van der Waals surface area contributed by atoms with Gasteiger partial charge in [0, 0.05) is 0 Å². The summed E-state index contributed by atoms with van der Waals surface area (Å²) in [6, 6.07) is 3.61. The summed E-state index contributed by atoms with van der Waals surface area (Å²) < 4.78 is 5.30.